The van der Waals surface area contributed by atoms with Crippen LogP contribution in [0.2, 0.25) is 0 Å². The number of nitrogens with zero attached hydrogens (tertiary/aromatic N) is 3. The molecule has 0 spiro atoms. The minimum Gasteiger partial charge on any atom is -0.354 e. The van der Waals surface area contributed by atoms with Gasteiger partial charge in [0, 0.05) is 38.4 Å². The second kappa shape index (κ2) is 9.32. The van der Waals surface area contributed by atoms with Crippen molar-refractivity contribution in [2.24, 2.45) is 18.0 Å². The number of guanidine groups is 1. The van der Waals surface area contributed by atoms with E-state index in [1.165, 1.54) is 20.3 Å². The Kier molecular flexibility index (Phi) is 8.23. The van der Waals surface area contributed by atoms with Gasteiger partial charge in [0.25, 0.3) is 0 Å². The molecule has 1 heterocycles. The largest absolute Gasteiger partial charge is 0.435 e. The molecule has 1 aromatic rings. The van der Waals surface area contributed by atoms with Crippen LogP contribution in [-0.4, -0.2) is 35.0 Å². The van der Waals surface area contributed by atoms with E-state index in [1.54, 1.807) is 0 Å². The first-order valence-electron chi connectivity index (χ1n) is 8.14. The van der Waals surface area contributed by atoms with Crippen LogP contribution in [0.5, 0.6) is 0 Å². The van der Waals surface area contributed by atoms with E-state index in [4.69, 9.17) is 0 Å². The maximum atomic E-state index is 12.9. The Hall–Kier alpha value is -1.21. The Balaban J connectivity index is 0.00000364. The number of nitrogens with one attached hydrogen (secondary N) is 2. The van der Waals surface area contributed by atoms with Crippen LogP contribution < -0.4 is 10.6 Å². The summed E-state index contributed by atoms with van der Waals surface area (Å²) in [6.45, 7) is -0.153. The van der Waals surface area contributed by atoms with Crippen molar-refractivity contribution in [3.05, 3.63) is 17.5 Å². The number of rotatable bonds is 3. The molecular formula is C15H22F6IN5. The molecule has 0 unspecified atom stereocenters. The first-order valence-corrected chi connectivity index (χ1v) is 8.14. The fraction of sp³-hybridized carbons (Fsp3) is 0.733. The molecule has 1 aromatic heterocycles. The van der Waals surface area contributed by atoms with Gasteiger partial charge < -0.3 is 10.6 Å². The molecule has 2 N–H and O–H groups in total. The van der Waals surface area contributed by atoms with Crippen LogP contribution in [-0.2, 0) is 19.8 Å². The molecule has 0 amide bonds. The Morgan fingerprint density at radius 3 is 2.26 bits per heavy atom. The molecule has 27 heavy (non-hydrogen) atoms. The molecule has 12 heteroatoms. The third-order valence-electron chi connectivity index (χ3n) is 4.37. The molecule has 5 nitrogen and oxygen atoms in total. The molecule has 2 rings (SSSR count). The third-order valence-corrected chi connectivity index (χ3v) is 4.37. The first-order chi connectivity index (χ1) is 12.0. The van der Waals surface area contributed by atoms with Gasteiger partial charge >= 0.3 is 12.4 Å². The Bertz CT molecular complexity index is 632. The van der Waals surface area contributed by atoms with E-state index >= 15 is 0 Å². The van der Waals surface area contributed by atoms with Crippen LogP contribution in [0.25, 0.3) is 0 Å². The van der Waals surface area contributed by atoms with Gasteiger partial charge in [-0.2, -0.15) is 31.4 Å². The van der Waals surface area contributed by atoms with E-state index in [0.717, 1.165) is 4.68 Å². The third kappa shape index (κ3) is 6.71. The van der Waals surface area contributed by atoms with Gasteiger partial charge in [-0.15, -0.1) is 24.0 Å². The van der Waals surface area contributed by atoms with E-state index in [0.29, 0.717) is 12.8 Å². The number of aryl methyl sites for hydroxylation is 1. The summed E-state index contributed by atoms with van der Waals surface area (Å²) in [6, 6.07) is -0.198. The fourth-order valence-corrected chi connectivity index (χ4v) is 3.04. The highest BCUT2D eigenvalue weighted by molar-refractivity contribution is 14.0. The van der Waals surface area contributed by atoms with Crippen LogP contribution in [0.1, 0.15) is 36.9 Å². The first kappa shape index (κ1) is 23.8. The second-order valence-corrected chi connectivity index (χ2v) is 6.33. The maximum absolute atomic E-state index is 12.9. The quantitative estimate of drug-likeness (QED) is 0.280. The second-order valence-electron chi connectivity index (χ2n) is 6.33. The summed E-state index contributed by atoms with van der Waals surface area (Å²) in [7, 11) is 2.84. The zero-order valence-electron chi connectivity index (χ0n) is 14.8. The van der Waals surface area contributed by atoms with Crippen molar-refractivity contribution >= 4 is 29.9 Å². The average Bonchev–Trinajstić information content (AvgIpc) is 2.92. The number of halogens is 7. The number of aromatic nitrogens is 2. The van der Waals surface area contributed by atoms with E-state index in [2.05, 4.69) is 20.7 Å². The minimum absolute atomic E-state index is 0. The van der Waals surface area contributed by atoms with Crippen molar-refractivity contribution in [3.63, 3.8) is 0 Å². The zero-order chi connectivity index (χ0) is 19.5. The van der Waals surface area contributed by atoms with E-state index in [-0.39, 0.29) is 60.9 Å². The number of alkyl halides is 6. The van der Waals surface area contributed by atoms with Crippen LogP contribution >= 0.6 is 24.0 Å². The standard InChI is InChI=1S/C15H21F6N5.HI/c1-22-13(24-11-5-3-10(4-6-11)14(16,17)18)23-7-9-8-26(2)25-12(9)15(19,20)21;/h8,10-11H,3-7H2,1-2H3,(H2,22,23,24);1H. The molecule has 0 saturated heterocycles. The number of hydrogen-bond donors (Lipinski definition) is 2. The summed E-state index contributed by atoms with van der Waals surface area (Å²) < 4.78 is 77.9. The van der Waals surface area contributed by atoms with Gasteiger partial charge in [-0.3, -0.25) is 9.67 Å². The monoisotopic (exact) mass is 513 g/mol. The topological polar surface area (TPSA) is 54.2 Å². The predicted molar refractivity (Wildman–Crippen MR) is 98.8 cm³/mol. The molecule has 0 aliphatic heterocycles. The summed E-state index contributed by atoms with van der Waals surface area (Å²) in [4.78, 5) is 3.93. The van der Waals surface area contributed by atoms with Crippen LogP contribution in [0, 0.1) is 5.92 Å². The molecule has 0 radical (unpaired) electrons. The van der Waals surface area contributed by atoms with Crippen molar-refractivity contribution in [2.45, 2.75) is 50.6 Å². The highest BCUT2D eigenvalue weighted by Gasteiger charge is 2.41. The predicted octanol–water partition coefficient (Wildman–Crippen LogP) is 3.84. The average molecular weight is 513 g/mol. The van der Waals surface area contributed by atoms with E-state index in [9.17, 15) is 26.3 Å². The lowest BCUT2D eigenvalue weighted by Gasteiger charge is -2.31. The lowest BCUT2D eigenvalue weighted by atomic mass is 9.85. The molecular weight excluding hydrogens is 491 g/mol. The molecule has 1 aliphatic carbocycles. The van der Waals surface area contributed by atoms with Crippen molar-refractivity contribution in [1.29, 1.82) is 0 Å². The highest BCUT2D eigenvalue weighted by atomic mass is 127. The molecule has 0 atom stereocenters. The van der Waals surface area contributed by atoms with Gasteiger partial charge in [-0.25, -0.2) is 0 Å². The van der Waals surface area contributed by atoms with E-state index in [1.807, 2.05) is 0 Å². The van der Waals surface area contributed by atoms with Crippen molar-refractivity contribution < 1.29 is 26.3 Å². The molecule has 156 valence electrons. The zero-order valence-corrected chi connectivity index (χ0v) is 17.1. The lowest BCUT2D eigenvalue weighted by Crippen LogP contribution is -2.45. The normalized spacial score (nSPS) is 21.6. The summed E-state index contributed by atoms with van der Waals surface area (Å²) in [5.74, 6) is -1.04. The Labute approximate surface area is 170 Å². The minimum atomic E-state index is -4.56. The van der Waals surface area contributed by atoms with Gasteiger partial charge in [-0.1, -0.05) is 0 Å². The molecule has 0 aromatic carbocycles. The van der Waals surface area contributed by atoms with Gasteiger partial charge in [0.15, 0.2) is 11.7 Å². The van der Waals surface area contributed by atoms with Gasteiger partial charge in [-0.05, 0) is 25.7 Å². The van der Waals surface area contributed by atoms with Gasteiger partial charge in [0.1, 0.15) is 0 Å². The summed E-state index contributed by atoms with van der Waals surface area (Å²) in [5, 5.41) is 9.16. The number of aliphatic imine (C=N–C) groups is 1. The van der Waals surface area contributed by atoms with Gasteiger partial charge in [0.05, 0.1) is 5.92 Å². The Morgan fingerprint density at radius 2 is 1.78 bits per heavy atom. The summed E-state index contributed by atoms with van der Waals surface area (Å²) >= 11 is 0. The highest BCUT2D eigenvalue weighted by Crippen LogP contribution is 2.37. The summed E-state index contributed by atoms with van der Waals surface area (Å²) in [6.07, 6.45) is -6.78. The SMILES string of the molecule is CN=C(NCc1cn(C)nc1C(F)(F)F)NC1CCC(C(F)(F)F)CC1.I. The lowest BCUT2D eigenvalue weighted by molar-refractivity contribution is -0.182. The maximum Gasteiger partial charge on any atom is 0.435 e. The van der Waals surface area contributed by atoms with Crippen LogP contribution in [0.3, 0.4) is 0 Å². The molecule has 1 aliphatic rings. The molecule has 0 bridgehead atoms. The van der Waals surface area contributed by atoms with Crippen molar-refractivity contribution in [3.8, 4) is 0 Å². The van der Waals surface area contributed by atoms with E-state index < -0.39 is 24.0 Å². The van der Waals surface area contributed by atoms with Crippen LogP contribution in [0.15, 0.2) is 11.2 Å². The number of hydrogen-bond acceptors (Lipinski definition) is 2. The smallest absolute Gasteiger partial charge is 0.354 e. The molecule has 1 fully saturated rings. The summed E-state index contributed by atoms with van der Waals surface area (Å²) in [5.41, 5.74) is -1.02. The van der Waals surface area contributed by atoms with Crippen molar-refractivity contribution in [2.75, 3.05) is 7.05 Å². The Morgan fingerprint density at radius 1 is 1.19 bits per heavy atom. The van der Waals surface area contributed by atoms with Crippen molar-refractivity contribution in [1.82, 2.24) is 20.4 Å². The molecule has 1 saturated carbocycles. The fourth-order valence-electron chi connectivity index (χ4n) is 3.04. The van der Waals surface area contributed by atoms with Gasteiger partial charge in [0.2, 0.25) is 0 Å². The van der Waals surface area contributed by atoms with Crippen LogP contribution in [0.4, 0.5) is 26.3 Å².